The molecule has 0 spiro atoms. The number of carbonyl (C=O) groups is 3. The second-order valence-corrected chi connectivity index (χ2v) is 10.0. The van der Waals surface area contributed by atoms with Crippen LogP contribution in [0.5, 0.6) is 0 Å². The van der Waals surface area contributed by atoms with E-state index in [1.54, 1.807) is 17.0 Å². The number of carbonyl (C=O) groups excluding carboxylic acids is 3. The fourth-order valence-electron chi connectivity index (χ4n) is 4.08. The molecular formula is C25H27N3O3S2. The molecule has 33 heavy (non-hydrogen) atoms. The molecule has 3 aromatic rings. The average Bonchev–Trinajstić information content (AvgIpc) is 3.61. The molecule has 1 fully saturated rings. The van der Waals surface area contributed by atoms with Crippen molar-refractivity contribution in [1.29, 1.82) is 0 Å². The van der Waals surface area contributed by atoms with Gasteiger partial charge in [0.05, 0.1) is 11.4 Å². The molecule has 0 saturated heterocycles. The van der Waals surface area contributed by atoms with Crippen LogP contribution < -0.4 is 10.6 Å². The largest absolute Gasteiger partial charge is 0.351 e. The molecule has 0 radical (unpaired) electrons. The van der Waals surface area contributed by atoms with Crippen molar-refractivity contribution in [2.75, 3.05) is 6.54 Å². The SMILES string of the molecule is O=C(NCC(=O)N(Cc1ccccc1)[C@H](C(=O)NC1CCCC1)c1cccs1)c1cccs1. The zero-order valence-corrected chi connectivity index (χ0v) is 19.9. The van der Waals surface area contributed by atoms with Crippen molar-refractivity contribution >= 4 is 40.4 Å². The van der Waals surface area contributed by atoms with Crippen molar-refractivity contribution in [1.82, 2.24) is 15.5 Å². The second kappa shape index (κ2) is 11.2. The van der Waals surface area contributed by atoms with E-state index in [2.05, 4.69) is 10.6 Å². The highest BCUT2D eigenvalue weighted by Crippen LogP contribution is 2.29. The van der Waals surface area contributed by atoms with Gasteiger partial charge in [0.2, 0.25) is 11.8 Å². The summed E-state index contributed by atoms with van der Waals surface area (Å²) in [6.07, 6.45) is 4.14. The maximum absolute atomic E-state index is 13.5. The first-order chi connectivity index (χ1) is 16.1. The van der Waals surface area contributed by atoms with Gasteiger partial charge in [0, 0.05) is 17.5 Å². The van der Waals surface area contributed by atoms with Crippen LogP contribution in [-0.2, 0) is 16.1 Å². The van der Waals surface area contributed by atoms with Crippen LogP contribution in [0, 0.1) is 0 Å². The summed E-state index contributed by atoms with van der Waals surface area (Å²) in [5.74, 6) is -0.761. The lowest BCUT2D eigenvalue weighted by Crippen LogP contribution is -2.48. The molecule has 1 saturated carbocycles. The van der Waals surface area contributed by atoms with Crippen LogP contribution in [0.3, 0.4) is 0 Å². The molecule has 8 heteroatoms. The molecule has 1 atom stereocenters. The molecule has 0 unspecified atom stereocenters. The maximum Gasteiger partial charge on any atom is 0.261 e. The lowest BCUT2D eigenvalue weighted by atomic mass is 10.1. The Bertz CT molecular complexity index is 1050. The average molecular weight is 482 g/mol. The normalized spacial score (nSPS) is 14.5. The first kappa shape index (κ1) is 23.2. The number of benzene rings is 1. The van der Waals surface area contributed by atoms with Gasteiger partial charge >= 0.3 is 0 Å². The smallest absolute Gasteiger partial charge is 0.261 e. The number of amides is 3. The minimum Gasteiger partial charge on any atom is -0.351 e. The van der Waals surface area contributed by atoms with Gasteiger partial charge in [-0.3, -0.25) is 14.4 Å². The summed E-state index contributed by atoms with van der Waals surface area (Å²) in [6.45, 7) is 0.0946. The highest BCUT2D eigenvalue weighted by molar-refractivity contribution is 7.12. The Balaban J connectivity index is 1.57. The van der Waals surface area contributed by atoms with Crippen LogP contribution in [0.15, 0.2) is 65.4 Å². The maximum atomic E-state index is 13.5. The topological polar surface area (TPSA) is 78.5 Å². The summed E-state index contributed by atoms with van der Waals surface area (Å²) in [7, 11) is 0. The predicted octanol–water partition coefficient (Wildman–Crippen LogP) is 4.37. The number of rotatable bonds is 9. The third-order valence-corrected chi connectivity index (χ3v) is 7.53. The van der Waals surface area contributed by atoms with Crippen molar-refractivity contribution in [2.24, 2.45) is 0 Å². The van der Waals surface area contributed by atoms with Gasteiger partial charge in [-0.1, -0.05) is 55.3 Å². The molecule has 2 aromatic heterocycles. The molecule has 172 valence electrons. The van der Waals surface area contributed by atoms with Crippen LogP contribution in [0.25, 0.3) is 0 Å². The summed E-state index contributed by atoms with van der Waals surface area (Å²) < 4.78 is 0. The van der Waals surface area contributed by atoms with Crippen LogP contribution in [0.4, 0.5) is 0 Å². The Kier molecular flexibility index (Phi) is 7.91. The number of hydrogen-bond donors (Lipinski definition) is 2. The van der Waals surface area contributed by atoms with Gasteiger partial charge in [0.1, 0.15) is 6.04 Å². The Morgan fingerprint density at radius 1 is 0.939 bits per heavy atom. The predicted molar refractivity (Wildman–Crippen MR) is 131 cm³/mol. The molecule has 6 nitrogen and oxygen atoms in total. The number of thiophene rings is 2. The monoisotopic (exact) mass is 481 g/mol. The van der Waals surface area contributed by atoms with Crippen LogP contribution in [-0.4, -0.2) is 35.2 Å². The van der Waals surface area contributed by atoms with Gasteiger partial charge in [-0.2, -0.15) is 0 Å². The van der Waals surface area contributed by atoms with E-state index in [0.717, 1.165) is 36.1 Å². The third-order valence-electron chi connectivity index (χ3n) is 5.74. The Hall–Kier alpha value is -2.97. The molecule has 2 N–H and O–H groups in total. The van der Waals surface area contributed by atoms with Gasteiger partial charge in [-0.05, 0) is 41.3 Å². The quantitative estimate of drug-likeness (QED) is 0.476. The van der Waals surface area contributed by atoms with E-state index in [1.807, 2.05) is 53.2 Å². The Morgan fingerprint density at radius 3 is 2.33 bits per heavy atom. The molecular weight excluding hydrogens is 454 g/mol. The van der Waals surface area contributed by atoms with Gasteiger partial charge < -0.3 is 15.5 Å². The van der Waals surface area contributed by atoms with Crippen molar-refractivity contribution in [2.45, 2.75) is 44.3 Å². The molecule has 0 bridgehead atoms. The Labute approximate surface area is 201 Å². The molecule has 1 aromatic carbocycles. The summed E-state index contributed by atoms with van der Waals surface area (Å²) in [6, 6.07) is 16.3. The fourth-order valence-corrected chi connectivity index (χ4v) is 5.55. The van der Waals surface area contributed by atoms with Gasteiger partial charge in [0.25, 0.3) is 5.91 Å². The van der Waals surface area contributed by atoms with Crippen molar-refractivity contribution in [3.05, 3.63) is 80.7 Å². The van der Waals surface area contributed by atoms with Crippen LogP contribution in [0.1, 0.15) is 51.8 Å². The van der Waals surface area contributed by atoms with E-state index in [1.165, 1.54) is 22.7 Å². The van der Waals surface area contributed by atoms with E-state index in [0.29, 0.717) is 4.88 Å². The van der Waals surface area contributed by atoms with Crippen LogP contribution in [0.2, 0.25) is 0 Å². The van der Waals surface area contributed by atoms with E-state index < -0.39 is 6.04 Å². The molecule has 0 aliphatic heterocycles. The van der Waals surface area contributed by atoms with Crippen molar-refractivity contribution < 1.29 is 14.4 Å². The lowest BCUT2D eigenvalue weighted by Gasteiger charge is -2.31. The molecule has 3 amide bonds. The van der Waals surface area contributed by atoms with E-state index in [9.17, 15) is 14.4 Å². The van der Waals surface area contributed by atoms with Crippen molar-refractivity contribution in [3.8, 4) is 0 Å². The zero-order valence-electron chi connectivity index (χ0n) is 18.2. The third kappa shape index (κ3) is 6.09. The summed E-state index contributed by atoms with van der Waals surface area (Å²) in [5, 5.41) is 9.61. The van der Waals surface area contributed by atoms with Crippen molar-refractivity contribution in [3.63, 3.8) is 0 Å². The zero-order chi connectivity index (χ0) is 23.0. The highest BCUT2D eigenvalue weighted by atomic mass is 32.1. The first-order valence-corrected chi connectivity index (χ1v) is 12.9. The molecule has 2 heterocycles. The van der Waals surface area contributed by atoms with E-state index >= 15 is 0 Å². The minimum absolute atomic E-state index is 0.146. The minimum atomic E-state index is -0.753. The standard InChI is InChI=1S/C25H27N3O3S2/c29-22(16-26-24(30)21-13-7-15-33-21)28(17-18-8-2-1-3-9-18)23(20-12-6-14-32-20)25(31)27-19-10-4-5-11-19/h1-3,6-9,12-15,19,23H,4-5,10-11,16-17H2,(H,26,30)(H,27,31)/t23-/m0/s1. The second-order valence-electron chi connectivity index (χ2n) is 8.08. The van der Waals surface area contributed by atoms with Gasteiger partial charge in [-0.15, -0.1) is 22.7 Å². The fraction of sp³-hybridized carbons (Fsp3) is 0.320. The summed E-state index contributed by atoms with van der Waals surface area (Å²) in [5.41, 5.74) is 0.922. The molecule has 1 aliphatic rings. The Morgan fingerprint density at radius 2 is 1.67 bits per heavy atom. The number of nitrogens with zero attached hydrogens (tertiary/aromatic N) is 1. The number of hydrogen-bond acceptors (Lipinski definition) is 5. The number of nitrogens with one attached hydrogen (secondary N) is 2. The molecule has 1 aliphatic carbocycles. The van der Waals surface area contributed by atoms with E-state index in [-0.39, 0.29) is 36.9 Å². The highest BCUT2D eigenvalue weighted by Gasteiger charge is 2.34. The van der Waals surface area contributed by atoms with Gasteiger partial charge in [-0.25, -0.2) is 0 Å². The lowest BCUT2D eigenvalue weighted by molar-refractivity contribution is -0.141. The summed E-state index contributed by atoms with van der Waals surface area (Å²) in [4.78, 5) is 42.3. The van der Waals surface area contributed by atoms with Crippen LogP contribution >= 0.6 is 22.7 Å². The summed E-state index contributed by atoms with van der Waals surface area (Å²) >= 11 is 2.78. The first-order valence-electron chi connectivity index (χ1n) is 11.1. The molecule has 4 rings (SSSR count). The van der Waals surface area contributed by atoms with Gasteiger partial charge in [0.15, 0.2) is 0 Å². The van der Waals surface area contributed by atoms with E-state index in [4.69, 9.17) is 0 Å².